The Balaban J connectivity index is 1.28. The van der Waals surface area contributed by atoms with Gasteiger partial charge in [0.05, 0.1) is 54.4 Å². The highest BCUT2D eigenvalue weighted by Gasteiger charge is 2.25. The first-order valence-corrected chi connectivity index (χ1v) is 18.0. The summed E-state index contributed by atoms with van der Waals surface area (Å²) in [6.07, 6.45) is 6.19. The van der Waals surface area contributed by atoms with Crippen molar-refractivity contribution in [2.24, 2.45) is 0 Å². The number of benzene rings is 4. The third kappa shape index (κ3) is 5.32. The molecule has 8 rings (SSSR count). The normalized spacial score (nSPS) is 12.0. The van der Waals surface area contributed by atoms with Gasteiger partial charge in [0, 0.05) is 34.3 Å². The molecule has 0 aliphatic heterocycles. The second kappa shape index (κ2) is 11.8. The number of sulfone groups is 2. The molecular formula is C37H24N6O4S2. The minimum absolute atomic E-state index is 0.0466. The quantitative estimate of drug-likeness (QED) is 0.179. The van der Waals surface area contributed by atoms with Gasteiger partial charge in [-0.25, -0.2) is 21.8 Å². The fourth-order valence-electron chi connectivity index (χ4n) is 5.86. The molecule has 8 aromatic rings. The summed E-state index contributed by atoms with van der Waals surface area (Å²) in [5.41, 5.74) is 3.57. The van der Waals surface area contributed by atoms with Gasteiger partial charge in [-0.2, -0.15) is 5.10 Å². The van der Waals surface area contributed by atoms with Gasteiger partial charge in [0.15, 0.2) is 0 Å². The highest BCUT2D eigenvalue weighted by molar-refractivity contribution is 7.91. The van der Waals surface area contributed by atoms with Crippen molar-refractivity contribution in [2.75, 3.05) is 0 Å². The highest BCUT2D eigenvalue weighted by atomic mass is 32.2. The van der Waals surface area contributed by atoms with Crippen LogP contribution >= 0.6 is 0 Å². The van der Waals surface area contributed by atoms with Crippen molar-refractivity contribution in [1.82, 2.24) is 29.7 Å². The second-order valence-electron chi connectivity index (χ2n) is 11.1. The molecule has 49 heavy (non-hydrogen) atoms. The van der Waals surface area contributed by atoms with E-state index in [-0.39, 0.29) is 25.5 Å². The Kier molecular flexibility index (Phi) is 7.31. The molecule has 0 atom stereocenters. The molecular weight excluding hydrogens is 657 g/mol. The molecule has 238 valence electrons. The Morgan fingerprint density at radius 3 is 1.41 bits per heavy atom. The van der Waals surface area contributed by atoms with Crippen LogP contribution < -0.4 is 0 Å². The van der Waals surface area contributed by atoms with Crippen LogP contribution in [-0.4, -0.2) is 46.6 Å². The monoisotopic (exact) mass is 680 g/mol. The van der Waals surface area contributed by atoms with Crippen molar-refractivity contribution in [2.45, 2.75) is 19.6 Å². The van der Waals surface area contributed by atoms with Crippen molar-refractivity contribution in [3.8, 4) is 28.5 Å². The van der Waals surface area contributed by atoms with Gasteiger partial charge in [-0.3, -0.25) is 14.5 Å². The highest BCUT2D eigenvalue weighted by Crippen LogP contribution is 2.36. The molecule has 4 aromatic carbocycles. The molecule has 12 heteroatoms. The summed E-state index contributed by atoms with van der Waals surface area (Å²) in [6.45, 7) is 0. The molecule has 0 spiro atoms. The molecule has 4 aromatic heterocycles. The van der Waals surface area contributed by atoms with Crippen molar-refractivity contribution >= 4 is 41.5 Å². The first kappa shape index (κ1) is 30.2. The molecule has 0 unspecified atom stereocenters. The summed E-state index contributed by atoms with van der Waals surface area (Å²) < 4.78 is 57.8. The number of aromatic nitrogens is 6. The first-order chi connectivity index (χ1) is 23.8. The average molecular weight is 681 g/mol. The number of pyridine rings is 2. The number of fused-ring (bicyclic) bond motifs is 3. The minimum Gasteiger partial charge on any atom is -0.277 e. The molecule has 0 aliphatic carbocycles. The maximum atomic E-state index is 14.0. The Labute approximate surface area is 281 Å². The van der Waals surface area contributed by atoms with Gasteiger partial charge in [-0.05, 0) is 72.8 Å². The van der Waals surface area contributed by atoms with E-state index in [1.54, 1.807) is 102 Å². The van der Waals surface area contributed by atoms with Crippen molar-refractivity contribution in [3.05, 3.63) is 146 Å². The molecule has 0 bridgehead atoms. The van der Waals surface area contributed by atoms with E-state index in [0.29, 0.717) is 44.3 Å². The zero-order valence-corrected chi connectivity index (χ0v) is 27.1. The van der Waals surface area contributed by atoms with Crippen LogP contribution in [0.3, 0.4) is 0 Å². The van der Waals surface area contributed by atoms with Gasteiger partial charge in [0.25, 0.3) is 5.95 Å². The molecule has 0 fully saturated rings. The van der Waals surface area contributed by atoms with E-state index >= 15 is 0 Å². The fourth-order valence-corrected chi connectivity index (χ4v) is 8.51. The van der Waals surface area contributed by atoms with Gasteiger partial charge >= 0.3 is 0 Å². The van der Waals surface area contributed by atoms with Crippen LogP contribution in [-0.2, 0) is 19.7 Å². The summed E-state index contributed by atoms with van der Waals surface area (Å²) in [7, 11) is -7.98. The zero-order valence-electron chi connectivity index (χ0n) is 25.5. The van der Waals surface area contributed by atoms with Crippen molar-refractivity contribution < 1.29 is 16.8 Å². The summed E-state index contributed by atoms with van der Waals surface area (Å²) in [6, 6.07) is 33.8. The molecule has 0 saturated heterocycles. The molecule has 4 heterocycles. The van der Waals surface area contributed by atoms with E-state index in [0.717, 1.165) is 0 Å². The largest absolute Gasteiger partial charge is 0.277 e. The van der Waals surface area contributed by atoms with Crippen LogP contribution in [0.25, 0.3) is 50.3 Å². The predicted octanol–water partition coefficient (Wildman–Crippen LogP) is 6.76. The Hall–Kier alpha value is -6.11. The van der Waals surface area contributed by atoms with Crippen LogP contribution in [0.1, 0.15) is 0 Å². The Bertz CT molecular complexity index is 2570. The number of hydrogen-bond acceptors (Lipinski definition) is 9. The first-order valence-electron chi connectivity index (χ1n) is 15.1. The predicted molar refractivity (Wildman–Crippen MR) is 184 cm³/mol. The summed E-state index contributed by atoms with van der Waals surface area (Å²) in [5.74, 6) is 0.154. The van der Waals surface area contributed by atoms with Gasteiger partial charge in [0.2, 0.25) is 19.7 Å². The maximum Gasteiger partial charge on any atom is 0.254 e. The third-order valence-corrected chi connectivity index (χ3v) is 11.7. The van der Waals surface area contributed by atoms with Crippen LogP contribution in [0.4, 0.5) is 0 Å². The van der Waals surface area contributed by atoms with Crippen LogP contribution in [0.5, 0.6) is 0 Å². The smallest absolute Gasteiger partial charge is 0.254 e. The summed E-state index contributed by atoms with van der Waals surface area (Å²) in [5, 5.41) is 9.56. The topological polar surface area (TPSA) is 138 Å². The number of nitrogens with zero attached hydrogens (tertiary/aromatic N) is 6. The van der Waals surface area contributed by atoms with Crippen molar-refractivity contribution in [3.63, 3.8) is 0 Å². The van der Waals surface area contributed by atoms with E-state index < -0.39 is 19.7 Å². The standard InChI is InChI=1S/C37H24N6O4S2/c44-48(45,27-9-5-7-25(21-27)33-11-1-3-17-38-33)29-13-15-31-32-16-14-30(24-36(32)43(35(31)23-29)37-40-19-20-41-42-37)49(46,47)28-10-6-8-26(22-28)34-12-2-4-18-39-34/h1-24H. The third-order valence-electron chi connectivity index (χ3n) is 8.21. The lowest BCUT2D eigenvalue weighted by atomic mass is 10.1. The lowest BCUT2D eigenvalue weighted by Gasteiger charge is -2.09. The van der Waals surface area contributed by atoms with E-state index in [1.165, 1.54) is 12.4 Å². The lowest BCUT2D eigenvalue weighted by molar-refractivity contribution is 0.594. The number of rotatable bonds is 7. The lowest BCUT2D eigenvalue weighted by Crippen LogP contribution is -2.05. The van der Waals surface area contributed by atoms with Crippen LogP contribution in [0.15, 0.2) is 166 Å². The van der Waals surface area contributed by atoms with E-state index in [4.69, 9.17) is 0 Å². The van der Waals surface area contributed by atoms with Gasteiger partial charge in [0.1, 0.15) is 0 Å². The van der Waals surface area contributed by atoms with E-state index in [2.05, 4.69) is 25.1 Å². The van der Waals surface area contributed by atoms with E-state index in [1.807, 2.05) is 36.4 Å². The van der Waals surface area contributed by atoms with Crippen LogP contribution in [0.2, 0.25) is 0 Å². The maximum absolute atomic E-state index is 14.0. The molecule has 0 aliphatic rings. The average Bonchev–Trinajstić information content (AvgIpc) is 3.49. The summed E-state index contributed by atoms with van der Waals surface area (Å²) >= 11 is 0. The Morgan fingerprint density at radius 1 is 0.449 bits per heavy atom. The van der Waals surface area contributed by atoms with Gasteiger partial charge in [-0.1, -0.05) is 48.5 Å². The fraction of sp³-hybridized carbons (Fsp3) is 0. The SMILES string of the molecule is O=S(=O)(c1cccc(-c2ccccn2)c1)c1ccc2c3ccc(S(=O)(=O)c4cccc(-c5ccccn5)c4)cc3n(-c3nccnn3)c2c1. The molecule has 0 saturated carbocycles. The second-order valence-corrected chi connectivity index (χ2v) is 15.0. The van der Waals surface area contributed by atoms with Crippen LogP contribution in [0, 0.1) is 0 Å². The number of hydrogen-bond donors (Lipinski definition) is 0. The molecule has 0 N–H and O–H groups in total. The zero-order chi connectivity index (χ0) is 33.6. The molecule has 0 radical (unpaired) electrons. The van der Waals surface area contributed by atoms with Crippen molar-refractivity contribution in [1.29, 1.82) is 0 Å². The minimum atomic E-state index is -3.99. The Morgan fingerprint density at radius 2 is 0.959 bits per heavy atom. The molecule has 10 nitrogen and oxygen atoms in total. The summed E-state index contributed by atoms with van der Waals surface area (Å²) in [4.78, 5) is 13.4. The van der Waals surface area contributed by atoms with E-state index in [9.17, 15) is 16.8 Å². The van der Waals surface area contributed by atoms with Gasteiger partial charge in [-0.15, -0.1) is 5.10 Å². The van der Waals surface area contributed by atoms with Gasteiger partial charge < -0.3 is 0 Å². The molecule has 0 amide bonds.